The molecule has 0 aliphatic rings. The van der Waals surface area contributed by atoms with E-state index in [1.165, 1.54) is 7.11 Å². The predicted molar refractivity (Wildman–Crippen MR) is 111 cm³/mol. The second-order valence-corrected chi connectivity index (χ2v) is 7.71. The summed E-state index contributed by atoms with van der Waals surface area (Å²) in [5.74, 6) is 0.651. The second-order valence-electron chi connectivity index (χ2n) is 7.71. The lowest BCUT2D eigenvalue weighted by Crippen LogP contribution is -2.28. The average molecular weight is 395 g/mol. The van der Waals surface area contributed by atoms with Crippen molar-refractivity contribution in [3.63, 3.8) is 0 Å². The number of nitrogens with zero attached hydrogens (tertiary/aromatic N) is 1. The molecule has 0 aliphatic carbocycles. The molecule has 0 radical (unpaired) electrons. The van der Waals surface area contributed by atoms with Crippen LogP contribution in [0.1, 0.15) is 43.4 Å². The van der Waals surface area contributed by atoms with Crippen molar-refractivity contribution in [3.8, 4) is 5.75 Å². The van der Waals surface area contributed by atoms with Crippen LogP contribution < -0.4 is 15.4 Å². The molecule has 0 unspecified atom stereocenters. The minimum absolute atomic E-state index is 0.144. The van der Waals surface area contributed by atoms with Crippen molar-refractivity contribution in [2.75, 3.05) is 19.0 Å². The van der Waals surface area contributed by atoms with Gasteiger partial charge in [0.25, 0.3) is 5.91 Å². The van der Waals surface area contributed by atoms with E-state index in [1.54, 1.807) is 42.5 Å². The van der Waals surface area contributed by atoms with Gasteiger partial charge < -0.3 is 19.8 Å². The van der Waals surface area contributed by atoms with E-state index in [2.05, 4.69) is 15.6 Å². The number of ether oxygens (including phenoxy) is 1. The van der Waals surface area contributed by atoms with E-state index in [1.807, 2.05) is 20.8 Å². The number of amides is 2. The Hall–Kier alpha value is -3.35. The van der Waals surface area contributed by atoms with Gasteiger partial charge in [0.1, 0.15) is 11.3 Å². The summed E-state index contributed by atoms with van der Waals surface area (Å²) in [6.45, 7) is 6.29. The number of methoxy groups -OCH3 is 1. The first-order chi connectivity index (χ1) is 13.8. The standard InChI is InChI=1S/C22H25N3O4/c1-22(2,3)21-25-16-13-14(9-10-18(16)29-21)24-19(26)11-12-23-20(27)15-7-5-6-8-17(15)28-4/h5-10,13H,11-12H2,1-4H3,(H,23,27)(H,24,26). The monoisotopic (exact) mass is 395 g/mol. The maximum Gasteiger partial charge on any atom is 0.255 e. The van der Waals surface area contributed by atoms with Gasteiger partial charge in [-0.25, -0.2) is 4.98 Å². The molecule has 2 N–H and O–H groups in total. The van der Waals surface area contributed by atoms with Crippen LogP contribution in [0.4, 0.5) is 5.69 Å². The SMILES string of the molecule is COc1ccccc1C(=O)NCCC(=O)Nc1ccc2oc(C(C)(C)C)nc2c1. The number of anilines is 1. The van der Waals surface area contributed by atoms with Crippen molar-refractivity contribution in [1.82, 2.24) is 10.3 Å². The first kappa shape index (κ1) is 20.4. The number of hydrogen-bond donors (Lipinski definition) is 2. The largest absolute Gasteiger partial charge is 0.496 e. The number of nitrogens with one attached hydrogen (secondary N) is 2. The van der Waals surface area contributed by atoms with Gasteiger partial charge in [-0.2, -0.15) is 0 Å². The zero-order valence-electron chi connectivity index (χ0n) is 17.0. The van der Waals surface area contributed by atoms with E-state index in [9.17, 15) is 9.59 Å². The van der Waals surface area contributed by atoms with Crippen LogP contribution in [0, 0.1) is 0 Å². The number of hydrogen-bond acceptors (Lipinski definition) is 5. The summed E-state index contributed by atoms with van der Waals surface area (Å²) in [5, 5.41) is 5.55. The molecule has 152 valence electrons. The van der Waals surface area contributed by atoms with Crippen LogP contribution in [0.15, 0.2) is 46.9 Å². The first-order valence-corrected chi connectivity index (χ1v) is 9.40. The Bertz CT molecular complexity index is 1030. The molecule has 2 amide bonds. The van der Waals surface area contributed by atoms with E-state index >= 15 is 0 Å². The third kappa shape index (κ3) is 4.93. The number of aromatic nitrogens is 1. The lowest BCUT2D eigenvalue weighted by molar-refractivity contribution is -0.116. The van der Waals surface area contributed by atoms with E-state index in [-0.39, 0.29) is 30.2 Å². The highest BCUT2D eigenvalue weighted by atomic mass is 16.5. The smallest absolute Gasteiger partial charge is 0.255 e. The van der Waals surface area contributed by atoms with Gasteiger partial charge >= 0.3 is 0 Å². The van der Waals surface area contributed by atoms with Gasteiger partial charge in [-0.05, 0) is 30.3 Å². The maximum absolute atomic E-state index is 12.3. The molecule has 1 heterocycles. The van der Waals surface area contributed by atoms with Crippen LogP contribution in [-0.2, 0) is 10.2 Å². The van der Waals surface area contributed by atoms with E-state index < -0.39 is 0 Å². The quantitative estimate of drug-likeness (QED) is 0.660. The Morgan fingerprint density at radius 2 is 1.90 bits per heavy atom. The van der Waals surface area contributed by atoms with Gasteiger partial charge in [0.15, 0.2) is 5.58 Å². The van der Waals surface area contributed by atoms with Crippen LogP contribution in [0.2, 0.25) is 0 Å². The molecule has 0 spiro atoms. The molecule has 7 nitrogen and oxygen atoms in total. The third-order valence-corrected chi connectivity index (χ3v) is 4.30. The fourth-order valence-electron chi connectivity index (χ4n) is 2.77. The van der Waals surface area contributed by atoms with Crippen molar-refractivity contribution in [1.29, 1.82) is 0 Å². The van der Waals surface area contributed by atoms with Gasteiger partial charge in [-0.3, -0.25) is 9.59 Å². The van der Waals surface area contributed by atoms with Crippen LogP contribution in [0.5, 0.6) is 5.75 Å². The molecule has 0 aliphatic heterocycles. The summed E-state index contributed by atoms with van der Waals surface area (Å²) in [6, 6.07) is 12.3. The highest BCUT2D eigenvalue weighted by molar-refractivity contribution is 5.97. The van der Waals surface area contributed by atoms with Crippen molar-refractivity contribution in [2.24, 2.45) is 0 Å². The summed E-state index contributed by atoms with van der Waals surface area (Å²) in [5.41, 5.74) is 2.24. The molecule has 1 aromatic heterocycles. The molecule has 0 bridgehead atoms. The van der Waals surface area contributed by atoms with Crippen LogP contribution in [0.3, 0.4) is 0 Å². The molecule has 0 saturated carbocycles. The molecule has 7 heteroatoms. The van der Waals surface area contributed by atoms with Crippen molar-refractivity contribution < 1.29 is 18.7 Å². The minimum Gasteiger partial charge on any atom is -0.496 e. The predicted octanol–water partition coefficient (Wildman–Crippen LogP) is 3.89. The van der Waals surface area contributed by atoms with E-state index in [4.69, 9.17) is 9.15 Å². The van der Waals surface area contributed by atoms with Gasteiger partial charge in [0.05, 0.1) is 12.7 Å². The second kappa shape index (κ2) is 8.34. The Morgan fingerprint density at radius 1 is 1.14 bits per heavy atom. The molecular formula is C22H25N3O4. The molecule has 3 rings (SSSR count). The molecule has 0 atom stereocenters. The first-order valence-electron chi connectivity index (χ1n) is 9.40. The van der Waals surface area contributed by atoms with Gasteiger partial charge in [-0.15, -0.1) is 0 Å². The van der Waals surface area contributed by atoms with Crippen LogP contribution in [-0.4, -0.2) is 30.5 Å². The Kier molecular flexibility index (Phi) is 5.87. The third-order valence-electron chi connectivity index (χ3n) is 4.30. The van der Waals surface area contributed by atoms with Crippen molar-refractivity contribution in [2.45, 2.75) is 32.6 Å². The molecule has 3 aromatic rings. The molecular weight excluding hydrogens is 370 g/mol. The minimum atomic E-state index is -0.283. The van der Waals surface area contributed by atoms with E-state index in [0.29, 0.717) is 34.0 Å². The average Bonchev–Trinajstić information content (AvgIpc) is 3.11. The normalized spacial score (nSPS) is 11.3. The summed E-state index contributed by atoms with van der Waals surface area (Å²) >= 11 is 0. The Labute approximate surface area is 169 Å². The number of carbonyl (C=O) groups excluding carboxylic acids is 2. The Morgan fingerprint density at radius 3 is 2.62 bits per heavy atom. The number of rotatable bonds is 6. The zero-order chi connectivity index (χ0) is 21.0. The number of carbonyl (C=O) groups is 2. The zero-order valence-corrected chi connectivity index (χ0v) is 17.0. The fourth-order valence-corrected chi connectivity index (χ4v) is 2.77. The van der Waals surface area contributed by atoms with Gasteiger partial charge in [-0.1, -0.05) is 32.9 Å². The number of oxazole rings is 1. The summed E-state index contributed by atoms with van der Waals surface area (Å²) in [6.07, 6.45) is 0.144. The molecule has 0 saturated heterocycles. The topological polar surface area (TPSA) is 93.5 Å². The summed E-state index contributed by atoms with van der Waals surface area (Å²) < 4.78 is 10.9. The van der Waals surface area contributed by atoms with Gasteiger partial charge in [0.2, 0.25) is 11.8 Å². The summed E-state index contributed by atoms with van der Waals surface area (Å²) in [4.78, 5) is 29.0. The van der Waals surface area contributed by atoms with Gasteiger partial charge in [0, 0.05) is 24.1 Å². The highest BCUT2D eigenvalue weighted by Gasteiger charge is 2.21. The Balaban J connectivity index is 1.56. The van der Waals surface area contributed by atoms with Crippen molar-refractivity contribution in [3.05, 3.63) is 53.9 Å². The molecule has 29 heavy (non-hydrogen) atoms. The molecule has 0 fully saturated rings. The van der Waals surface area contributed by atoms with Crippen LogP contribution >= 0.6 is 0 Å². The molecule has 2 aromatic carbocycles. The summed E-state index contributed by atoms with van der Waals surface area (Å²) in [7, 11) is 1.51. The number of para-hydroxylation sites is 1. The maximum atomic E-state index is 12.3. The fraction of sp³-hybridized carbons (Fsp3) is 0.318. The number of fused-ring (bicyclic) bond motifs is 1. The highest BCUT2D eigenvalue weighted by Crippen LogP contribution is 2.27. The lowest BCUT2D eigenvalue weighted by Gasteiger charge is -2.11. The van der Waals surface area contributed by atoms with E-state index in [0.717, 1.165) is 0 Å². The number of benzene rings is 2. The van der Waals surface area contributed by atoms with Crippen LogP contribution in [0.25, 0.3) is 11.1 Å². The lowest BCUT2D eigenvalue weighted by atomic mass is 9.97. The van der Waals surface area contributed by atoms with Crippen molar-refractivity contribution >= 4 is 28.6 Å².